The highest BCUT2D eigenvalue weighted by Crippen LogP contribution is 2.26. The zero-order valence-electron chi connectivity index (χ0n) is 6.59. The number of hydrogen-bond donors (Lipinski definition) is 0. The van der Waals surface area contributed by atoms with Crippen molar-refractivity contribution in [2.75, 3.05) is 11.1 Å². The lowest BCUT2D eigenvalue weighted by atomic mass is 10.0. The summed E-state index contributed by atoms with van der Waals surface area (Å²) in [6.07, 6.45) is 1.88. The maximum absolute atomic E-state index is 11.3. The molecule has 1 saturated heterocycles. The van der Waals surface area contributed by atoms with Gasteiger partial charge < -0.3 is 0 Å². The third kappa shape index (κ3) is 1.96. The minimum absolute atomic E-state index is 0.143. The first-order chi connectivity index (χ1) is 5.08. The van der Waals surface area contributed by atoms with Crippen molar-refractivity contribution in [2.24, 2.45) is 5.92 Å². The lowest BCUT2D eigenvalue weighted by Gasteiger charge is -2.26. The molecule has 2 unspecified atom stereocenters. The van der Waals surface area contributed by atoms with Crippen molar-refractivity contribution in [2.45, 2.75) is 25.0 Å². The molecule has 1 aliphatic heterocycles. The van der Waals surface area contributed by atoms with Gasteiger partial charge in [-0.2, -0.15) is 0 Å². The summed E-state index contributed by atoms with van der Waals surface area (Å²) in [5, 5.41) is 0.670. The van der Waals surface area contributed by atoms with E-state index in [-0.39, 0.29) is 5.25 Å². The van der Waals surface area contributed by atoms with Crippen molar-refractivity contribution in [3.63, 3.8) is 0 Å². The maximum Gasteiger partial charge on any atom is 0.153 e. The molecule has 1 aliphatic rings. The van der Waals surface area contributed by atoms with Crippen molar-refractivity contribution in [1.29, 1.82) is 0 Å². The SMILES string of the molecule is CC1C(CBr)CCCS1(=O)=O. The van der Waals surface area contributed by atoms with Crippen LogP contribution in [0.2, 0.25) is 0 Å². The summed E-state index contributed by atoms with van der Waals surface area (Å²) >= 11 is 3.34. The minimum atomic E-state index is -2.75. The predicted octanol–water partition coefficient (Wildman–Crippen LogP) is 1.59. The molecule has 1 rings (SSSR count). The number of sulfone groups is 1. The molecule has 0 aromatic rings. The van der Waals surface area contributed by atoms with Crippen LogP contribution in [0.4, 0.5) is 0 Å². The molecule has 2 nitrogen and oxygen atoms in total. The minimum Gasteiger partial charge on any atom is -0.229 e. The van der Waals surface area contributed by atoms with Gasteiger partial charge >= 0.3 is 0 Å². The molecule has 0 saturated carbocycles. The van der Waals surface area contributed by atoms with E-state index in [1.54, 1.807) is 0 Å². The van der Waals surface area contributed by atoms with E-state index >= 15 is 0 Å². The van der Waals surface area contributed by atoms with Gasteiger partial charge in [0.25, 0.3) is 0 Å². The predicted molar refractivity (Wildman–Crippen MR) is 49.8 cm³/mol. The highest BCUT2D eigenvalue weighted by Gasteiger charge is 2.32. The molecular formula is C7H13BrO2S. The standard InChI is InChI=1S/C7H13BrO2S/c1-6-7(5-8)3-2-4-11(6,9)10/h6-7H,2-5H2,1H3. The molecule has 66 valence electrons. The fourth-order valence-corrected chi connectivity index (χ4v) is 4.35. The summed E-state index contributed by atoms with van der Waals surface area (Å²) in [5.74, 6) is 0.714. The number of rotatable bonds is 1. The molecule has 4 heteroatoms. The second kappa shape index (κ2) is 3.44. The van der Waals surface area contributed by atoms with Crippen LogP contribution in [0.3, 0.4) is 0 Å². The molecule has 0 aromatic carbocycles. The van der Waals surface area contributed by atoms with E-state index in [9.17, 15) is 8.42 Å². The first-order valence-electron chi connectivity index (χ1n) is 3.85. The van der Waals surface area contributed by atoms with Crippen LogP contribution in [0, 0.1) is 5.92 Å². The van der Waals surface area contributed by atoms with E-state index in [0.29, 0.717) is 11.7 Å². The Balaban J connectivity index is 2.76. The second-order valence-corrected chi connectivity index (χ2v) is 6.25. The Labute approximate surface area is 76.4 Å². The third-order valence-electron chi connectivity index (χ3n) is 2.43. The van der Waals surface area contributed by atoms with E-state index in [0.717, 1.165) is 18.2 Å². The zero-order valence-corrected chi connectivity index (χ0v) is 8.99. The van der Waals surface area contributed by atoms with E-state index in [1.165, 1.54) is 0 Å². The van der Waals surface area contributed by atoms with Crippen LogP contribution >= 0.6 is 15.9 Å². The van der Waals surface area contributed by atoms with Crippen molar-refractivity contribution < 1.29 is 8.42 Å². The molecule has 1 fully saturated rings. The fourth-order valence-electron chi connectivity index (χ4n) is 1.46. The van der Waals surface area contributed by atoms with E-state index < -0.39 is 9.84 Å². The van der Waals surface area contributed by atoms with Crippen molar-refractivity contribution in [3.8, 4) is 0 Å². The van der Waals surface area contributed by atoms with Gasteiger partial charge in [0.1, 0.15) is 0 Å². The Morgan fingerprint density at radius 3 is 2.64 bits per heavy atom. The number of alkyl halides is 1. The van der Waals surface area contributed by atoms with E-state index in [4.69, 9.17) is 0 Å². The van der Waals surface area contributed by atoms with E-state index in [2.05, 4.69) is 15.9 Å². The number of hydrogen-bond acceptors (Lipinski definition) is 2. The molecule has 11 heavy (non-hydrogen) atoms. The summed E-state index contributed by atoms with van der Waals surface area (Å²) < 4.78 is 22.7. The summed E-state index contributed by atoms with van der Waals surface area (Å²) in [5.41, 5.74) is 0. The summed E-state index contributed by atoms with van der Waals surface area (Å²) in [4.78, 5) is 0. The lowest BCUT2D eigenvalue weighted by molar-refractivity contribution is 0.469. The molecule has 1 heterocycles. The summed E-state index contributed by atoms with van der Waals surface area (Å²) in [7, 11) is -2.75. The van der Waals surface area contributed by atoms with Crippen molar-refractivity contribution in [3.05, 3.63) is 0 Å². The average Bonchev–Trinajstić information content (AvgIpc) is 1.95. The Bertz CT molecular complexity index is 223. The molecule has 0 aliphatic carbocycles. The molecule has 0 N–H and O–H groups in total. The number of halogens is 1. The van der Waals surface area contributed by atoms with Gasteiger partial charge in [-0.15, -0.1) is 0 Å². The lowest BCUT2D eigenvalue weighted by Crippen LogP contribution is -2.34. The topological polar surface area (TPSA) is 34.1 Å². The largest absolute Gasteiger partial charge is 0.229 e. The fraction of sp³-hybridized carbons (Fsp3) is 1.00. The van der Waals surface area contributed by atoms with Gasteiger partial charge in [-0.3, -0.25) is 0 Å². The Morgan fingerprint density at radius 1 is 1.55 bits per heavy atom. The normalized spacial score (nSPS) is 36.9. The van der Waals surface area contributed by atoms with Gasteiger partial charge in [0, 0.05) is 5.33 Å². The smallest absolute Gasteiger partial charge is 0.153 e. The van der Waals surface area contributed by atoms with E-state index in [1.807, 2.05) is 6.92 Å². The molecule has 0 amide bonds. The van der Waals surface area contributed by atoms with Crippen molar-refractivity contribution >= 4 is 25.8 Å². The van der Waals surface area contributed by atoms with Crippen LogP contribution < -0.4 is 0 Å². The van der Waals surface area contributed by atoms with Crippen LogP contribution in [-0.2, 0) is 9.84 Å². The Morgan fingerprint density at radius 2 is 2.18 bits per heavy atom. The third-order valence-corrected chi connectivity index (χ3v) is 5.64. The highest BCUT2D eigenvalue weighted by atomic mass is 79.9. The summed E-state index contributed by atoms with van der Waals surface area (Å²) in [6, 6.07) is 0. The molecular weight excluding hydrogens is 228 g/mol. The van der Waals surface area contributed by atoms with Crippen LogP contribution in [0.15, 0.2) is 0 Å². The van der Waals surface area contributed by atoms with Gasteiger partial charge in [0.2, 0.25) is 0 Å². The van der Waals surface area contributed by atoms with Gasteiger partial charge in [0.15, 0.2) is 9.84 Å². The first kappa shape index (κ1) is 9.52. The molecule has 0 spiro atoms. The Kier molecular flexibility index (Phi) is 2.97. The van der Waals surface area contributed by atoms with Gasteiger partial charge in [-0.25, -0.2) is 8.42 Å². The highest BCUT2D eigenvalue weighted by molar-refractivity contribution is 9.09. The van der Waals surface area contributed by atoms with Crippen molar-refractivity contribution in [1.82, 2.24) is 0 Å². The van der Waals surface area contributed by atoms with Gasteiger partial charge in [-0.05, 0) is 25.7 Å². The molecule has 2 atom stereocenters. The maximum atomic E-state index is 11.3. The van der Waals surface area contributed by atoms with Crippen LogP contribution in [0.25, 0.3) is 0 Å². The average molecular weight is 241 g/mol. The zero-order chi connectivity index (χ0) is 8.48. The molecule has 0 aromatic heterocycles. The van der Waals surface area contributed by atoms with Crippen LogP contribution in [0.5, 0.6) is 0 Å². The van der Waals surface area contributed by atoms with Crippen LogP contribution in [-0.4, -0.2) is 24.8 Å². The quantitative estimate of drug-likeness (QED) is 0.653. The molecule has 0 radical (unpaired) electrons. The van der Waals surface area contributed by atoms with Gasteiger partial charge in [0.05, 0.1) is 11.0 Å². The monoisotopic (exact) mass is 240 g/mol. The second-order valence-electron chi connectivity index (χ2n) is 3.13. The Hall–Kier alpha value is 0.430. The van der Waals surface area contributed by atoms with Crippen LogP contribution in [0.1, 0.15) is 19.8 Å². The molecule has 0 bridgehead atoms. The van der Waals surface area contributed by atoms with Gasteiger partial charge in [-0.1, -0.05) is 15.9 Å². The first-order valence-corrected chi connectivity index (χ1v) is 6.69. The summed E-state index contributed by atoms with van der Waals surface area (Å²) in [6.45, 7) is 1.82.